The van der Waals surface area contributed by atoms with Gasteiger partial charge >= 0.3 is 5.97 Å². The van der Waals surface area contributed by atoms with Crippen LogP contribution in [0.1, 0.15) is 33.5 Å². The van der Waals surface area contributed by atoms with Crippen molar-refractivity contribution >= 4 is 5.97 Å². The Kier molecular flexibility index (Phi) is 4.32. The van der Waals surface area contributed by atoms with Gasteiger partial charge in [0.25, 0.3) is 0 Å². The molecule has 1 unspecified atom stereocenters. The lowest BCUT2D eigenvalue weighted by atomic mass is 10.1. The molecule has 1 aliphatic heterocycles. The van der Waals surface area contributed by atoms with Gasteiger partial charge in [-0.25, -0.2) is 4.79 Å². The van der Waals surface area contributed by atoms with E-state index in [1.54, 1.807) is 12.1 Å². The highest BCUT2D eigenvalue weighted by Crippen LogP contribution is 2.33. The summed E-state index contributed by atoms with van der Waals surface area (Å²) >= 11 is 0. The number of ether oxygens (including phenoxy) is 2. The molecule has 5 heteroatoms. The van der Waals surface area contributed by atoms with E-state index in [1.165, 1.54) is 5.56 Å². The van der Waals surface area contributed by atoms with E-state index in [0.29, 0.717) is 31.4 Å². The third kappa shape index (κ3) is 3.33. The van der Waals surface area contributed by atoms with E-state index < -0.39 is 5.97 Å². The molecule has 0 spiro atoms. The Morgan fingerprint density at radius 3 is 2.84 bits per heavy atom. The minimum Gasteiger partial charge on any atom is -0.490 e. The Labute approximate surface area is 146 Å². The van der Waals surface area contributed by atoms with Gasteiger partial charge < -0.3 is 19.9 Å². The van der Waals surface area contributed by atoms with Crippen LogP contribution in [0.4, 0.5) is 0 Å². The van der Waals surface area contributed by atoms with Crippen LogP contribution in [0.3, 0.4) is 0 Å². The molecule has 0 saturated carbocycles. The van der Waals surface area contributed by atoms with E-state index in [1.807, 2.05) is 18.2 Å². The van der Waals surface area contributed by atoms with E-state index in [4.69, 9.17) is 14.6 Å². The van der Waals surface area contributed by atoms with Gasteiger partial charge in [-0.15, -0.1) is 0 Å². The Balaban J connectivity index is 1.44. The molecule has 2 aliphatic rings. The average Bonchev–Trinajstić information content (AvgIpc) is 2.86. The van der Waals surface area contributed by atoms with Crippen molar-refractivity contribution in [2.24, 2.45) is 0 Å². The van der Waals surface area contributed by atoms with Crippen molar-refractivity contribution in [2.45, 2.75) is 31.8 Å². The molecule has 0 saturated heterocycles. The van der Waals surface area contributed by atoms with Crippen molar-refractivity contribution in [3.05, 3.63) is 58.7 Å². The molecule has 130 valence electrons. The summed E-state index contributed by atoms with van der Waals surface area (Å²) in [5.41, 5.74) is 3.82. The van der Waals surface area contributed by atoms with Crippen LogP contribution in [-0.4, -0.2) is 30.3 Å². The first-order valence-corrected chi connectivity index (χ1v) is 8.66. The number of carboxylic acids is 1. The van der Waals surface area contributed by atoms with Crippen LogP contribution >= 0.6 is 0 Å². The lowest BCUT2D eigenvalue weighted by molar-refractivity contribution is 0.0696. The number of rotatable bonds is 4. The van der Waals surface area contributed by atoms with Crippen LogP contribution in [0.15, 0.2) is 36.4 Å². The van der Waals surface area contributed by atoms with Gasteiger partial charge in [0, 0.05) is 24.6 Å². The molecular formula is C20H21NO4. The zero-order chi connectivity index (χ0) is 17.2. The molecule has 25 heavy (non-hydrogen) atoms. The monoisotopic (exact) mass is 339 g/mol. The fourth-order valence-corrected chi connectivity index (χ4v) is 3.54. The van der Waals surface area contributed by atoms with Crippen LogP contribution in [0.5, 0.6) is 11.5 Å². The van der Waals surface area contributed by atoms with E-state index in [2.05, 4.69) is 11.4 Å². The summed E-state index contributed by atoms with van der Waals surface area (Å²) in [4.78, 5) is 11.1. The van der Waals surface area contributed by atoms with Gasteiger partial charge in [-0.2, -0.15) is 0 Å². The Bertz CT molecular complexity index is 802. The molecule has 2 aromatic rings. The van der Waals surface area contributed by atoms with Crippen molar-refractivity contribution in [3.8, 4) is 11.5 Å². The first kappa shape index (κ1) is 16.0. The summed E-state index contributed by atoms with van der Waals surface area (Å²) in [6, 6.07) is 11.7. The van der Waals surface area contributed by atoms with Gasteiger partial charge in [-0.05, 0) is 42.2 Å². The van der Waals surface area contributed by atoms with Gasteiger partial charge in [0.15, 0.2) is 11.5 Å². The summed E-state index contributed by atoms with van der Waals surface area (Å²) in [6.07, 6.45) is 2.66. The summed E-state index contributed by atoms with van der Waals surface area (Å²) in [6.45, 7) is 2.07. The Morgan fingerprint density at radius 2 is 1.96 bits per heavy atom. The summed E-state index contributed by atoms with van der Waals surface area (Å²) in [5.74, 6) is 0.789. The van der Waals surface area contributed by atoms with Gasteiger partial charge in [0.2, 0.25) is 0 Å². The summed E-state index contributed by atoms with van der Waals surface area (Å²) in [5, 5.41) is 12.7. The third-order valence-corrected chi connectivity index (χ3v) is 4.82. The standard InChI is InChI=1S/C20H21NO4/c22-20(23)14-6-5-13-10-17(11-16(13)9-14)21-12-15-3-1-4-18-19(15)25-8-2-7-24-18/h1,3-6,9,17,21H,2,7-8,10-12H2,(H,22,23). The zero-order valence-electron chi connectivity index (χ0n) is 14.0. The SMILES string of the molecule is O=C(O)c1ccc2c(c1)CC(NCc1cccc3c1OCCCO3)C2. The maximum absolute atomic E-state index is 11.1. The summed E-state index contributed by atoms with van der Waals surface area (Å²) in [7, 11) is 0. The number of aromatic carboxylic acids is 1. The number of hydrogen-bond acceptors (Lipinski definition) is 4. The van der Waals surface area contributed by atoms with E-state index in [9.17, 15) is 4.79 Å². The number of fused-ring (bicyclic) bond motifs is 2. The molecule has 0 fully saturated rings. The average molecular weight is 339 g/mol. The molecule has 5 nitrogen and oxygen atoms in total. The highest BCUT2D eigenvalue weighted by Gasteiger charge is 2.23. The van der Waals surface area contributed by atoms with Gasteiger partial charge in [0.05, 0.1) is 18.8 Å². The van der Waals surface area contributed by atoms with E-state index >= 15 is 0 Å². The predicted molar refractivity (Wildman–Crippen MR) is 93.5 cm³/mol. The quantitative estimate of drug-likeness (QED) is 0.896. The predicted octanol–water partition coefficient (Wildman–Crippen LogP) is 2.80. The lowest BCUT2D eigenvalue weighted by Crippen LogP contribution is -2.29. The molecule has 2 N–H and O–H groups in total. The first-order chi connectivity index (χ1) is 12.2. The molecule has 0 bridgehead atoms. The fourth-order valence-electron chi connectivity index (χ4n) is 3.54. The Morgan fingerprint density at radius 1 is 1.12 bits per heavy atom. The molecule has 1 atom stereocenters. The number of para-hydroxylation sites is 1. The van der Waals surface area contributed by atoms with Gasteiger partial charge in [-0.3, -0.25) is 0 Å². The van der Waals surface area contributed by atoms with Crippen molar-refractivity contribution in [1.29, 1.82) is 0 Å². The number of carboxylic acid groups (broad SMARTS) is 1. The number of hydrogen-bond donors (Lipinski definition) is 2. The number of benzene rings is 2. The summed E-state index contributed by atoms with van der Waals surface area (Å²) < 4.78 is 11.6. The van der Waals surface area contributed by atoms with Crippen LogP contribution < -0.4 is 14.8 Å². The third-order valence-electron chi connectivity index (χ3n) is 4.82. The van der Waals surface area contributed by atoms with Crippen LogP contribution in [-0.2, 0) is 19.4 Å². The van der Waals surface area contributed by atoms with Crippen molar-refractivity contribution < 1.29 is 19.4 Å². The zero-order valence-corrected chi connectivity index (χ0v) is 14.0. The molecule has 0 amide bonds. The molecule has 1 aliphatic carbocycles. The van der Waals surface area contributed by atoms with Crippen LogP contribution in [0.2, 0.25) is 0 Å². The highest BCUT2D eigenvalue weighted by molar-refractivity contribution is 5.88. The molecular weight excluding hydrogens is 318 g/mol. The fraction of sp³-hybridized carbons (Fsp3) is 0.350. The topological polar surface area (TPSA) is 67.8 Å². The van der Waals surface area contributed by atoms with Crippen molar-refractivity contribution in [1.82, 2.24) is 5.32 Å². The van der Waals surface area contributed by atoms with Gasteiger partial charge in [-0.1, -0.05) is 18.2 Å². The van der Waals surface area contributed by atoms with E-state index in [-0.39, 0.29) is 0 Å². The second-order valence-corrected chi connectivity index (χ2v) is 6.57. The molecule has 0 radical (unpaired) electrons. The molecule has 1 heterocycles. The highest BCUT2D eigenvalue weighted by atomic mass is 16.5. The van der Waals surface area contributed by atoms with Crippen molar-refractivity contribution in [3.63, 3.8) is 0 Å². The second kappa shape index (κ2) is 6.76. The number of carbonyl (C=O) groups is 1. The van der Waals surface area contributed by atoms with Crippen molar-refractivity contribution in [2.75, 3.05) is 13.2 Å². The van der Waals surface area contributed by atoms with Crippen LogP contribution in [0.25, 0.3) is 0 Å². The van der Waals surface area contributed by atoms with Gasteiger partial charge in [0.1, 0.15) is 0 Å². The molecule has 0 aromatic heterocycles. The minimum absolute atomic E-state index is 0.307. The number of nitrogens with one attached hydrogen (secondary N) is 1. The molecule has 4 rings (SSSR count). The minimum atomic E-state index is -0.872. The second-order valence-electron chi connectivity index (χ2n) is 6.57. The molecule has 2 aromatic carbocycles. The van der Waals surface area contributed by atoms with Crippen LogP contribution in [0, 0.1) is 0 Å². The lowest BCUT2D eigenvalue weighted by Gasteiger charge is -2.16. The normalized spacial score (nSPS) is 18.5. The Hall–Kier alpha value is -2.53. The largest absolute Gasteiger partial charge is 0.490 e. The smallest absolute Gasteiger partial charge is 0.335 e. The van der Waals surface area contributed by atoms with E-state index in [0.717, 1.165) is 41.9 Å². The maximum Gasteiger partial charge on any atom is 0.335 e. The first-order valence-electron chi connectivity index (χ1n) is 8.66. The maximum atomic E-state index is 11.1.